The molecule has 4 heteroatoms. The smallest absolute Gasteiger partial charge is 0.197 e. The van der Waals surface area contributed by atoms with Gasteiger partial charge in [0.05, 0.1) is 5.69 Å². The fourth-order valence-electron chi connectivity index (χ4n) is 2.52. The molecule has 1 aromatic rings. The minimum atomic E-state index is 0.449. The van der Waals surface area contributed by atoms with E-state index in [1.165, 1.54) is 25.9 Å². The molecular formula is C14H25N3O. The molecule has 18 heavy (non-hydrogen) atoms. The first-order valence-corrected chi connectivity index (χ1v) is 7.06. The second-order valence-corrected chi connectivity index (χ2v) is 5.28. The largest absolute Gasteiger partial charge is 0.448 e. The third kappa shape index (κ3) is 3.33. The summed E-state index contributed by atoms with van der Waals surface area (Å²) in [6.45, 7) is 7.89. The Morgan fingerprint density at radius 2 is 2.22 bits per heavy atom. The molecule has 0 spiro atoms. The van der Waals surface area contributed by atoms with Crippen LogP contribution < -0.4 is 5.32 Å². The first kappa shape index (κ1) is 13.6. The molecule has 1 aliphatic heterocycles. The Labute approximate surface area is 110 Å². The molecule has 4 nitrogen and oxygen atoms in total. The zero-order valence-electron chi connectivity index (χ0n) is 11.8. The number of nitrogens with zero attached hydrogens (tertiary/aromatic N) is 2. The summed E-state index contributed by atoms with van der Waals surface area (Å²) >= 11 is 0. The molecule has 0 saturated carbocycles. The fourth-order valence-corrected chi connectivity index (χ4v) is 2.52. The van der Waals surface area contributed by atoms with E-state index in [9.17, 15) is 0 Å². The lowest BCUT2D eigenvalue weighted by Crippen LogP contribution is -2.32. The molecule has 0 amide bonds. The minimum Gasteiger partial charge on any atom is -0.448 e. The Bertz CT molecular complexity index is 356. The third-order valence-corrected chi connectivity index (χ3v) is 3.96. The van der Waals surface area contributed by atoms with Gasteiger partial charge >= 0.3 is 0 Å². The lowest BCUT2D eigenvalue weighted by Gasteiger charge is -2.29. The van der Waals surface area contributed by atoms with Gasteiger partial charge in [-0.2, -0.15) is 0 Å². The van der Waals surface area contributed by atoms with E-state index in [-0.39, 0.29) is 0 Å². The molecular weight excluding hydrogens is 226 g/mol. The van der Waals surface area contributed by atoms with Crippen LogP contribution in [0.4, 0.5) is 0 Å². The van der Waals surface area contributed by atoms with Gasteiger partial charge in [-0.15, -0.1) is 0 Å². The van der Waals surface area contributed by atoms with Crippen LogP contribution in [0, 0.1) is 0 Å². The van der Waals surface area contributed by atoms with Crippen molar-refractivity contribution in [2.24, 2.45) is 0 Å². The topological polar surface area (TPSA) is 41.3 Å². The van der Waals surface area contributed by atoms with E-state index in [1.807, 2.05) is 13.3 Å². The van der Waals surface area contributed by atoms with Crippen molar-refractivity contribution in [1.29, 1.82) is 0 Å². The number of likely N-dealkylation sites (tertiary alicyclic amines) is 1. The average Bonchev–Trinajstić information content (AvgIpc) is 2.87. The first-order chi connectivity index (χ1) is 8.72. The van der Waals surface area contributed by atoms with Crippen LogP contribution in [0.3, 0.4) is 0 Å². The maximum Gasteiger partial charge on any atom is 0.197 e. The maximum atomic E-state index is 5.66. The first-order valence-electron chi connectivity index (χ1n) is 7.06. The van der Waals surface area contributed by atoms with Crippen LogP contribution in [-0.2, 0) is 6.42 Å². The number of aromatic nitrogens is 1. The molecule has 0 aromatic carbocycles. The van der Waals surface area contributed by atoms with E-state index in [4.69, 9.17) is 4.42 Å². The molecule has 1 aromatic heterocycles. The number of hydrogen-bond donors (Lipinski definition) is 1. The SMILES string of the molecule is CCN1CCC(c2nc(CC(C)NC)co2)CC1. The van der Waals surface area contributed by atoms with Crippen LogP contribution in [0.2, 0.25) is 0 Å². The molecule has 1 fully saturated rings. The zero-order chi connectivity index (χ0) is 13.0. The van der Waals surface area contributed by atoms with E-state index in [2.05, 4.69) is 29.0 Å². The summed E-state index contributed by atoms with van der Waals surface area (Å²) in [5.74, 6) is 1.47. The lowest BCUT2D eigenvalue weighted by molar-refractivity contribution is 0.208. The standard InChI is InChI=1S/C14H25N3O/c1-4-17-7-5-12(6-8-17)14-16-13(10-18-14)9-11(2)15-3/h10-12,15H,4-9H2,1-3H3. The monoisotopic (exact) mass is 251 g/mol. The molecule has 1 N–H and O–H groups in total. The highest BCUT2D eigenvalue weighted by molar-refractivity contribution is 5.03. The highest BCUT2D eigenvalue weighted by Gasteiger charge is 2.23. The van der Waals surface area contributed by atoms with Crippen LogP contribution >= 0.6 is 0 Å². The number of rotatable bonds is 5. The second-order valence-electron chi connectivity index (χ2n) is 5.28. The van der Waals surface area contributed by atoms with Crippen molar-refractivity contribution in [1.82, 2.24) is 15.2 Å². The predicted molar refractivity (Wildman–Crippen MR) is 72.8 cm³/mol. The van der Waals surface area contributed by atoms with Gasteiger partial charge in [0, 0.05) is 18.4 Å². The van der Waals surface area contributed by atoms with Gasteiger partial charge in [0.15, 0.2) is 5.89 Å². The van der Waals surface area contributed by atoms with Gasteiger partial charge in [-0.25, -0.2) is 4.98 Å². The number of hydrogen-bond acceptors (Lipinski definition) is 4. The zero-order valence-corrected chi connectivity index (χ0v) is 11.8. The Hall–Kier alpha value is -0.870. The van der Waals surface area contributed by atoms with Crippen LogP contribution in [0.5, 0.6) is 0 Å². The normalized spacial score (nSPS) is 20.2. The number of oxazole rings is 1. The minimum absolute atomic E-state index is 0.449. The summed E-state index contributed by atoms with van der Waals surface area (Å²) in [5, 5.41) is 3.23. The van der Waals surface area contributed by atoms with E-state index >= 15 is 0 Å². The second kappa shape index (κ2) is 6.34. The Kier molecular flexibility index (Phi) is 4.78. The van der Waals surface area contributed by atoms with Crippen LogP contribution in [0.1, 0.15) is 44.2 Å². The summed E-state index contributed by atoms with van der Waals surface area (Å²) in [7, 11) is 1.98. The van der Waals surface area contributed by atoms with Crippen molar-refractivity contribution >= 4 is 0 Å². The number of piperidine rings is 1. The number of likely N-dealkylation sites (N-methyl/N-ethyl adjacent to an activating group) is 1. The Balaban J connectivity index is 1.90. The summed E-state index contributed by atoms with van der Waals surface area (Å²) in [6.07, 6.45) is 5.12. The highest BCUT2D eigenvalue weighted by Crippen LogP contribution is 2.27. The van der Waals surface area contributed by atoms with Gasteiger partial charge < -0.3 is 14.6 Å². The van der Waals surface area contributed by atoms with Crippen LogP contribution in [-0.4, -0.2) is 42.6 Å². The summed E-state index contributed by atoms with van der Waals surface area (Å²) in [5.41, 5.74) is 1.07. The van der Waals surface area contributed by atoms with Crippen molar-refractivity contribution in [3.05, 3.63) is 17.8 Å². The van der Waals surface area contributed by atoms with Gasteiger partial charge in [0.1, 0.15) is 6.26 Å². The van der Waals surface area contributed by atoms with Gasteiger partial charge in [-0.3, -0.25) is 0 Å². The van der Waals surface area contributed by atoms with Crippen LogP contribution in [0.15, 0.2) is 10.7 Å². The molecule has 1 aliphatic rings. The molecule has 2 heterocycles. The van der Waals surface area contributed by atoms with Crippen molar-refractivity contribution in [2.45, 2.75) is 45.1 Å². The van der Waals surface area contributed by atoms with Gasteiger partial charge in [-0.05, 0) is 46.4 Å². The van der Waals surface area contributed by atoms with E-state index in [0.29, 0.717) is 12.0 Å². The summed E-state index contributed by atoms with van der Waals surface area (Å²) in [4.78, 5) is 7.14. The molecule has 0 radical (unpaired) electrons. The van der Waals surface area contributed by atoms with Crippen LogP contribution in [0.25, 0.3) is 0 Å². The molecule has 102 valence electrons. The highest BCUT2D eigenvalue weighted by atomic mass is 16.3. The molecule has 0 bridgehead atoms. The van der Waals surface area contributed by atoms with E-state index in [1.54, 1.807) is 0 Å². The fraction of sp³-hybridized carbons (Fsp3) is 0.786. The molecule has 0 aliphatic carbocycles. The number of nitrogens with one attached hydrogen (secondary N) is 1. The van der Waals surface area contributed by atoms with E-state index in [0.717, 1.165) is 24.6 Å². The molecule has 1 saturated heterocycles. The van der Waals surface area contributed by atoms with Crippen molar-refractivity contribution in [2.75, 3.05) is 26.7 Å². The van der Waals surface area contributed by atoms with Crippen molar-refractivity contribution in [3.8, 4) is 0 Å². The quantitative estimate of drug-likeness (QED) is 0.869. The van der Waals surface area contributed by atoms with Crippen molar-refractivity contribution < 1.29 is 4.42 Å². The predicted octanol–water partition coefficient (Wildman–Crippen LogP) is 2.02. The molecule has 1 unspecified atom stereocenters. The van der Waals surface area contributed by atoms with Gasteiger partial charge in [-0.1, -0.05) is 6.92 Å². The van der Waals surface area contributed by atoms with Crippen molar-refractivity contribution in [3.63, 3.8) is 0 Å². The Morgan fingerprint density at radius 1 is 1.50 bits per heavy atom. The van der Waals surface area contributed by atoms with E-state index < -0.39 is 0 Å². The third-order valence-electron chi connectivity index (χ3n) is 3.96. The molecule has 2 rings (SSSR count). The summed E-state index contributed by atoms with van der Waals surface area (Å²) in [6, 6.07) is 0.449. The Morgan fingerprint density at radius 3 is 2.83 bits per heavy atom. The summed E-state index contributed by atoms with van der Waals surface area (Å²) < 4.78 is 5.66. The maximum absolute atomic E-state index is 5.66. The van der Waals surface area contributed by atoms with Gasteiger partial charge in [0.2, 0.25) is 0 Å². The van der Waals surface area contributed by atoms with Gasteiger partial charge in [0.25, 0.3) is 0 Å². The average molecular weight is 251 g/mol. The molecule has 1 atom stereocenters. The lowest BCUT2D eigenvalue weighted by atomic mass is 9.97.